The van der Waals surface area contributed by atoms with Gasteiger partial charge in [-0.15, -0.1) is 0 Å². The molecule has 6 heteroatoms. The molecule has 0 aliphatic rings. The van der Waals surface area contributed by atoms with E-state index in [0.717, 1.165) is 12.1 Å². The molecule has 0 bridgehead atoms. The number of benzene rings is 1. The van der Waals surface area contributed by atoms with Gasteiger partial charge in [0.15, 0.2) is 0 Å². The molecule has 1 atom stereocenters. The number of nitriles is 1. The van der Waals surface area contributed by atoms with Crippen molar-refractivity contribution in [2.75, 3.05) is 0 Å². The van der Waals surface area contributed by atoms with Crippen molar-refractivity contribution in [1.82, 2.24) is 9.55 Å². The Morgan fingerprint density at radius 2 is 2.21 bits per heavy atom. The van der Waals surface area contributed by atoms with Crippen LogP contribution in [0.15, 0.2) is 30.7 Å². The van der Waals surface area contributed by atoms with E-state index in [1.807, 2.05) is 0 Å². The van der Waals surface area contributed by atoms with E-state index in [9.17, 15) is 13.6 Å². The lowest BCUT2D eigenvalue weighted by molar-refractivity contribution is 0.0973. The molecular weight excluding hydrogens is 252 g/mol. The van der Waals surface area contributed by atoms with E-state index in [4.69, 9.17) is 5.26 Å². The minimum Gasteiger partial charge on any atom is -0.340 e. The van der Waals surface area contributed by atoms with Gasteiger partial charge < -0.3 is 4.57 Å². The van der Waals surface area contributed by atoms with E-state index < -0.39 is 23.3 Å². The third-order valence-electron chi connectivity index (χ3n) is 2.62. The molecule has 96 valence electrons. The van der Waals surface area contributed by atoms with Crippen molar-refractivity contribution in [2.24, 2.45) is 7.05 Å². The van der Waals surface area contributed by atoms with E-state index in [-0.39, 0.29) is 11.3 Å². The lowest BCUT2D eigenvalue weighted by Crippen LogP contribution is -2.13. The minimum absolute atomic E-state index is 0.0674. The minimum atomic E-state index is -1.34. The summed E-state index contributed by atoms with van der Waals surface area (Å²) < 4.78 is 28.0. The maximum absolute atomic E-state index is 13.6. The second kappa shape index (κ2) is 4.98. The molecule has 1 aromatic heterocycles. The predicted molar refractivity (Wildman–Crippen MR) is 62.3 cm³/mol. The molecule has 0 saturated heterocycles. The first-order chi connectivity index (χ1) is 9.02. The molecular formula is C13H9F2N3O. The number of aryl methyl sites for hydroxylation is 1. The smallest absolute Gasteiger partial charge is 0.204 e. The molecule has 1 heterocycles. The maximum atomic E-state index is 13.6. The van der Waals surface area contributed by atoms with Gasteiger partial charge in [0.25, 0.3) is 0 Å². The number of nitrogens with zero attached hydrogens (tertiary/aromatic N) is 3. The van der Waals surface area contributed by atoms with Gasteiger partial charge >= 0.3 is 0 Å². The number of rotatable bonds is 3. The van der Waals surface area contributed by atoms with Crippen LogP contribution in [0.4, 0.5) is 8.78 Å². The Kier molecular flexibility index (Phi) is 3.38. The molecule has 0 amide bonds. The average Bonchev–Trinajstić information content (AvgIpc) is 2.79. The van der Waals surface area contributed by atoms with Crippen LogP contribution in [0, 0.1) is 23.0 Å². The fourth-order valence-electron chi connectivity index (χ4n) is 1.69. The van der Waals surface area contributed by atoms with Gasteiger partial charge in [-0.3, -0.25) is 4.79 Å². The van der Waals surface area contributed by atoms with Gasteiger partial charge in [-0.25, -0.2) is 13.8 Å². The predicted octanol–water partition coefficient (Wildman–Crippen LogP) is 2.19. The zero-order valence-corrected chi connectivity index (χ0v) is 9.97. The highest BCUT2D eigenvalue weighted by Crippen LogP contribution is 2.23. The largest absolute Gasteiger partial charge is 0.340 e. The van der Waals surface area contributed by atoms with Crippen molar-refractivity contribution in [3.05, 3.63) is 53.6 Å². The number of Topliss-reactive ketones (excluding diaryl/α,β-unsaturated/α-hetero) is 1. The summed E-state index contributed by atoms with van der Waals surface area (Å²) in [6, 6.07) is 4.47. The first kappa shape index (κ1) is 12.9. The highest BCUT2D eigenvalue weighted by atomic mass is 19.1. The molecule has 2 rings (SSSR count). The Labute approximate surface area is 107 Å². The standard InChI is InChI=1S/C13H9F2N3O/c1-18-6-12(17-7-18)13(19)10(5-16)9-3-2-8(14)4-11(9)15/h2-4,6-7,10H,1H3. The van der Waals surface area contributed by atoms with Crippen molar-refractivity contribution in [1.29, 1.82) is 5.26 Å². The van der Waals surface area contributed by atoms with Gasteiger partial charge in [0.05, 0.1) is 12.4 Å². The summed E-state index contributed by atoms with van der Waals surface area (Å²) in [7, 11) is 1.67. The van der Waals surface area contributed by atoms with Gasteiger partial charge in [-0.2, -0.15) is 5.26 Å². The van der Waals surface area contributed by atoms with Crippen LogP contribution in [0.25, 0.3) is 0 Å². The SMILES string of the molecule is Cn1cnc(C(=O)C(C#N)c2ccc(F)cc2F)c1. The zero-order valence-electron chi connectivity index (χ0n) is 9.97. The van der Waals surface area contributed by atoms with Gasteiger partial charge in [0, 0.05) is 24.9 Å². The summed E-state index contributed by atoms with van der Waals surface area (Å²) in [4.78, 5) is 15.9. The third kappa shape index (κ3) is 2.50. The van der Waals surface area contributed by atoms with Crippen molar-refractivity contribution >= 4 is 5.78 Å². The Hall–Kier alpha value is -2.55. The fraction of sp³-hybridized carbons (Fsp3) is 0.154. The number of ketones is 1. The summed E-state index contributed by atoms with van der Waals surface area (Å²) in [6.45, 7) is 0. The lowest BCUT2D eigenvalue weighted by atomic mass is 9.94. The average molecular weight is 261 g/mol. The van der Waals surface area contributed by atoms with Crippen molar-refractivity contribution in [3.63, 3.8) is 0 Å². The van der Waals surface area contributed by atoms with Crippen LogP contribution in [0.3, 0.4) is 0 Å². The highest BCUT2D eigenvalue weighted by molar-refractivity contribution is 6.01. The van der Waals surface area contributed by atoms with E-state index in [1.165, 1.54) is 12.5 Å². The number of hydrogen-bond acceptors (Lipinski definition) is 3. The van der Waals surface area contributed by atoms with Crippen LogP contribution in [-0.4, -0.2) is 15.3 Å². The quantitative estimate of drug-likeness (QED) is 0.796. The molecule has 0 fully saturated rings. The first-order valence-electron chi connectivity index (χ1n) is 5.39. The molecule has 1 unspecified atom stereocenters. The normalized spacial score (nSPS) is 11.9. The van der Waals surface area contributed by atoms with Crippen molar-refractivity contribution in [2.45, 2.75) is 5.92 Å². The summed E-state index contributed by atoms with van der Waals surface area (Å²) >= 11 is 0. The van der Waals surface area contributed by atoms with Crippen LogP contribution in [0.1, 0.15) is 22.0 Å². The summed E-state index contributed by atoms with van der Waals surface area (Å²) in [5, 5.41) is 9.05. The molecule has 0 radical (unpaired) electrons. The van der Waals surface area contributed by atoms with Crippen LogP contribution < -0.4 is 0 Å². The third-order valence-corrected chi connectivity index (χ3v) is 2.62. The van der Waals surface area contributed by atoms with Crippen LogP contribution >= 0.6 is 0 Å². The molecule has 19 heavy (non-hydrogen) atoms. The number of halogens is 2. The van der Waals surface area contributed by atoms with Crippen molar-refractivity contribution < 1.29 is 13.6 Å². The molecule has 0 aliphatic heterocycles. The molecule has 2 aromatic rings. The number of hydrogen-bond donors (Lipinski definition) is 0. The topological polar surface area (TPSA) is 58.7 Å². The lowest BCUT2D eigenvalue weighted by Gasteiger charge is -2.08. The Morgan fingerprint density at radius 1 is 1.47 bits per heavy atom. The second-order valence-electron chi connectivity index (χ2n) is 4.02. The molecule has 1 aromatic carbocycles. The van der Waals surface area contributed by atoms with Gasteiger partial charge in [-0.1, -0.05) is 6.07 Å². The first-order valence-corrected chi connectivity index (χ1v) is 5.39. The van der Waals surface area contributed by atoms with Crippen molar-refractivity contribution in [3.8, 4) is 6.07 Å². The molecule has 0 saturated carbocycles. The molecule has 0 spiro atoms. The van der Waals surface area contributed by atoms with E-state index in [0.29, 0.717) is 6.07 Å². The number of aromatic nitrogens is 2. The highest BCUT2D eigenvalue weighted by Gasteiger charge is 2.26. The summed E-state index contributed by atoms with van der Waals surface area (Å²) in [5.41, 5.74) is -0.0858. The van der Waals surface area contributed by atoms with Crippen LogP contribution in [-0.2, 0) is 7.05 Å². The Bertz CT molecular complexity index is 673. The van der Waals surface area contributed by atoms with E-state index in [2.05, 4.69) is 4.98 Å². The zero-order chi connectivity index (χ0) is 14.0. The Morgan fingerprint density at radius 3 is 2.74 bits per heavy atom. The number of imidazole rings is 1. The van der Waals surface area contributed by atoms with E-state index >= 15 is 0 Å². The van der Waals surface area contributed by atoms with Gasteiger partial charge in [0.1, 0.15) is 23.2 Å². The van der Waals surface area contributed by atoms with Crippen LogP contribution in [0.5, 0.6) is 0 Å². The van der Waals surface area contributed by atoms with E-state index in [1.54, 1.807) is 17.7 Å². The molecule has 0 aliphatic carbocycles. The molecule has 4 nitrogen and oxygen atoms in total. The second-order valence-corrected chi connectivity index (χ2v) is 4.02. The molecule has 0 N–H and O–H groups in total. The summed E-state index contributed by atoms with van der Waals surface area (Å²) in [5.74, 6) is -3.64. The monoisotopic (exact) mass is 261 g/mol. The maximum Gasteiger partial charge on any atom is 0.204 e. The fourth-order valence-corrected chi connectivity index (χ4v) is 1.69. The number of carbonyl (C=O) groups is 1. The van der Waals surface area contributed by atoms with Gasteiger partial charge in [-0.05, 0) is 6.07 Å². The Balaban J connectivity index is 2.40. The number of carbonyl (C=O) groups excluding carboxylic acids is 1. The summed E-state index contributed by atoms with van der Waals surface area (Å²) in [6.07, 6.45) is 2.84. The van der Waals surface area contributed by atoms with Gasteiger partial charge in [0.2, 0.25) is 5.78 Å². The van der Waals surface area contributed by atoms with Crippen LogP contribution in [0.2, 0.25) is 0 Å².